The molecule has 0 bridgehead atoms. The van der Waals surface area contributed by atoms with E-state index < -0.39 is 11.0 Å². The van der Waals surface area contributed by atoms with Crippen LogP contribution < -0.4 is 4.72 Å². The monoisotopic (exact) mass is 287 g/mol. The molecule has 2 rings (SSSR count). The van der Waals surface area contributed by atoms with Crippen molar-refractivity contribution >= 4 is 40.0 Å². The zero-order valence-electron chi connectivity index (χ0n) is 8.98. The molecule has 1 atom stereocenters. The quantitative estimate of drug-likeness (QED) is 0.870. The van der Waals surface area contributed by atoms with Gasteiger partial charge in [-0.15, -0.1) is 11.8 Å². The maximum atomic E-state index is 11.9. The Labute approximate surface area is 111 Å². The van der Waals surface area contributed by atoms with Gasteiger partial charge < -0.3 is 4.42 Å². The van der Waals surface area contributed by atoms with E-state index in [1.807, 2.05) is 12.3 Å². The Morgan fingerprint density at radius 3 is 2.88 bits per heavy atom. The Kier molecular flexibility index (Phi) is 4.15. The molecule has 1 N–H and O–H groups in total. The minimum absolute atomic E-state index is 0.386. The standard InChI is InChI=1S/C11H10ClNO2S2/c1-16-10-5-4-8(12)7-9(10)13-17(14)11-3-2-6-15-11/h2-7,13H,1H3. The summed E-state index contributed by atoms with van der Waals surface area (Å²) in [6, 6.07) is 8.78. The van der Waals surface area contributed by atoms with Gasteiger partial charge in [0.05, 0.1) is 12.0 Å². The van der Waals surface area contributed by atoms with E-state index in [1.165, 1.54) is 6.26 Å². The predicted octanol–water partition coefficient (Wildman–Crippen LogP) is 3.79. The van der Waals surface area contributed by atoms with Crippen LogP contribution in [0.5, 0.6) is 0 Å². The number of hydrogen-bond donors (Lipinski definition) is 1. The summed E-state index contributed by atoms with van der Waals surface area (Å²) in [5.74, 6) is 0. The van der Waals surface area contributed by atoms with Crippen LogP contribution in [0.25, 0.3) is 0 Å². The number of halogens is 1. The lowest BCUT2D eigenvalue weighted by Crippen LogP contribution is -2.04. The fraction of sp³-hybridized carbons (Fsp3) is 0.0909. The fourth-order valence-electron chi connectivity index (χ4n) is 1.28. The minimum Gasteiger partial charge on any atom is -0.454 e. The second kappa shape index (κ2) is 5.62. The van der Waals surface area contributed by atoms with Gasteiger partial charge in [-0.3, -0.25) is 4.72 Å². The molecule has 1 aromatic carbocycles. The number of nitrogens with one attached hydrogen (secondary N) is 1. The fourth-order valence-corrected chi connectivity index (χ4v) is 2.86. The van der Waals surface area contributed by atoms with E-state index in [1.54, 1.807) is 36.0 Å². The normalized spacial score (nSPS) is 12.4. The second-order valence-electron chi connectivity index (χ2n) is 3.15. The largest absolute Gasteiger partial charge is 0.454 e. The van der Waals surface area contributed by atoms with E-state index in [-0.39, 0.29) is 0 Å². The van der Waals surface area contributed by atoms with E-state index in [2.05, 4.69) is 4.72 Å². The SMILES string of the molecule is CSc1ccc(Cl)cc1NS(=O)c1ccco1. The van der Waals surface area contributed by atoms with Gasteiger partial charge in [0.1, 0.15) is 0 Å². The number of benzene rings is 1. The molecule has 0 saturated heterocycles. The Bertz CT molecular complexity index is 528. The van der Waals surface area contributed by atoms with Crippen LogP contribution in [-0.4, -0.2) is 10.5 Å². The first-order chi connectivity index (χ1) is 8.20. The molecule has 0 spiro atoms. The van der Waals surface area contributed by atoms with Crippen molar-refractivity contribution in [1.29, 1.82) is 0 Å². The van der Waals surface area contributed by atoms with E-state index >= 15 is 0 Å². The van der Waals surface area contributed by atoms with Crippen molar-refractivity contribution < 1.29 is 8.63 Å². The molecule has 3 nitrogen and oxygen atoms in total. The van der Waals surface area contributed by atoms with E-state index in [0.717, 1.165) is 10.6 Å². The van der Waals surface area contributed by atoms with Crippen molar-refractivity contribution in [2.75, 3.05) is 11.0 Å². The lowest BCUT2D eigenvalue weighted by molar-refractivity contribution is 0.466. The van der Waals surface area contributed by atoms with Crippen molar-refractivity contribution in [1.82, 2.24) is 0 Å². The molecule has 0 saturated carbocycles. The lowest BCUT2D eigenvalue weighted by Gasteiger charge is -2.08. The summed E-state index contributed by atoms with van der Waals surface area (Å²) < 4.78 is 19.9. The van der Waals surface area contributed by atoms with Crippen molar-refractivity contribution in [2.45, 2.75) is 9.99 Å². The molecule has 0 radical (unpaired) electrons. The van der Waals surface area contributed by atoms with Crippen molar-refractivity contribution in [3.8, 4) is 0 Å². The van der Waals surface area contributed by atoms with Crippen LogP contribution in [0.4, 0.5) is 5.69 Å². The van der Waals surface area contributed by atoms with Crippen molar-refractivity contribution in [2.24, 2.45) is 0 Å². The molecular weight excluding hydrogens is 278 g/mol. The van der Waals surface area contributed by atoms with Crippen LogP contribution in [0.2, 0.25) is 5.02 Å². The zero-order valence-corrected chi connectivity index (χ0v) is 11.4. The first kappa shape index (κ1) is 12.5. The summed E-state index contributed by atoms with van der Waals surface area (Å²) in [4.78, 5) is 0.981. The summed E-state index contributed by atoms with van der Waals surface area (Å²) in [6.07, 6.45) is 3.44. The summed E-state index contributed by atoms with van der Waals surface area (Å²) in [5, 5.41) is 0.985. The number of thioether (sulfide) groups is 1. The zero-order chi connectivity index (χ0) is 12.3. The third-order valence-electron chi connectivity index (χ3n) is 2.04. The highest BCUT2D eigenvalue weighted by atomic mass is 35.5. The smallest absolute Gasteiger partial charge is 0.210 e. The summed E-state index contributed by atoms with van der Waals surface area (Å²) in [6.45, 7) is 0. The van der Waals surface area contributed by atoms with Gasteiger partial charge >= 0.3 is 0 Å². The molecule has 6 heteroatoms. The van der Waals surface area contributed by atoms with Crippen LogP contribution >= 0.6 is 23.4 Å². The molecule has 0 aliphatic carbocycles. The highest BCUT2D eigenvalue weighted by molar-refractivity contribution is 7.98. The molecule has 0 aliphatic heterocycles. The molecule has 0 fully saturated rings. The number of hydrogen-bond acceptors (Lipinski definition) is 3. The van der Waals surface area contributed by atoms with Gasteiger partial charge in [-0.1, -0.05) is 11.6 Å². The lowest BCUT2D eigenvalue weighted by atomic mass is 10.3. The predicted molar refractivity (Wildman–Crippen MR) is 72.0 cm³/mol. The number of anilines is 1. The second-order valence-corrected chi connectivity index (χ2v) is 5.58. The molecule has 0 aliphatic rings. The van der Waals surface area contributed by atoms with Gasteiger partial charge in [0, 0.05) is 9.92 Å². The Morgan fingerprint density at radius 1 is 1.41 bits per heavy atom. The van der Waals surface area contributed by atoms with Gasteiger partial charge in [-0.2, -0.15) is 0 Å². The van der Waals surface area contributed by atoms with Gasteiger partial charge in [0.15, 0.2) is 11.0 Å². The van der Waals surface area contributed by atoms with Gasteiger partial charge in [0.2, 0.25) is 5.09 Å². The van der Waals surface area contributed by atoms with Gasteiger partial charge in [-0.05, 0) is 36.6 Å². The third kappa shape index (κ3) is 3.06. The van der Waals surface area contributed by atoms with Crippen LogP contribution in [0.1, 0.15) is 0 Å². The Balaban J connectivity index is 2.23. The summed E-state index contributed by atoms with van der Waals surface area (Å²) in [5.41, 5.74) is 0.736. The number of furan rings is 1. The van der Waals surface area contributed by atoms with Gasteiger partial charge in [-0.25, -0.2) is 4.21 Å². The Hall–Kier alpha value is -0.910. The molecule has 1 aromatic heterocycles. The van der Waals surface area contributed by atoms with Crippen molar-refractivity contribution in [3.05, 3.63) is 41.6 Å². The molecule has 17 heavy (non-hydrogen) atoms. The summed E-state index contributed by atoms with van der Waals surface area (Å²) in [7, 11) is -1.41. The molecular formula is C11H10ClNO2S2. The van der Waals surface area contributed by atoms with E-state index in [4.69, 9.17) is 16.0 Å². The van der Waals surface area contributed by atoms with Crippen LogP contribution in [-0.2, 0) is 11.0 Å². The molecule has 2 aromatic rings. The summed E-state index contributed by atoms with van der Waals surface area (Å²) >= 11 is 7.47. The highest BCUT2D eigenvalue weighted by Crippen LogP contribution is 2.29. The average molecular weight is 288 g/mol. The maximum absolute atomic E-state index is 11.9. The molecule has 1 heterocycles. The van der Waals surface area contributed by atoms with E-state index in [9.17, 15) is 4.21 Å². The average Bonchev–Trinajstić information content (AvgIpc) is 2.83. The maximum Gasteiger partial charge on any atom is 0.210 e. The van der Waals surface area contributed by atoms with Crippen LogP contribution in [0, 0.1) is 0 Å². The minimum atomic E-state index is -1.41. The molecule has 1 unspecified atom stereocenters. The van der Waals surface area contributed by atoms with E-state index in [0.29, 0.717) is 10.1 Å². The molecule has 0 amide bonds. The third-order valence-corrected chi connectivity index (χ3v) is 4.08. The first-order valence-electron chi connectivity index (χ1n) is 4.76. The number of rotatable bonds is 4. The topological polar surface area (TPSA) is 42.2 Å². The van der Waals surface area contributed by atoms with Crippen LogP contribution in [0.15, 0.2) is 51.0 Å². The molecule has 90 valence electrons. The highest BCUT2D eigenvalue weighted by Gasteiger charge is 2.09. The van der Waals surface area contributed by atoms with Gasteiger partial charge in [0.25, 0.3) is 0 Å². The first-order valence-corrected chi connectivity index (χ1v) is 7.51. The van der Waals surface area contributed by atoms with Crippen LogP contribution in [0.3, 0.4) is 0 Å². The van der Waals surface area contributed by atoms with Crippen molar-refractivity contribution in [3.63, 3.8) is 0 Å². The Morgan fingerprint density at radius 2 is 2.24 bits per heavy atom.